The fraction of sp³-hybridized carbons (Fsp3) is 0.895. The van der Waals surface area contributed by atoms with Gasteiger partial charge >= 0.3 is 11.9 Å². The van der Waals surface area contributed by atoms with Crippen LogP contribution in [0.25, 0.3) is 0 Å². The molecule has 150 valence electrons. The van der Waals surface area contributed by atoms with Crippen LogP contribution in [0.15, 0.2) is 0 Å². The molecule has 0 N–H and O–H groups in total. The van der Waals surface area contributed by atoms with E-state index in [-0.39, 0.29) is 42.1 Å². The van der Waals surface area contributed by atoms with Gasteiger partial charge in [0.2, 0.25) is 0 Å². The first kappa shape index (κ1) is 26.1. The predicted molar refractivity (Wildman–Crippen MR) is 98.4 cm³/mol. The van der Waals surface area contributed by atoms with Crippen molar-refractivity contribution in [2.75, 3.05) is 19.8 Å². The Labute approximate surface area is 153 Å². The summed E-state index contributed by atoms with van der Waals surface area (Å²) < 4.78 is 20.4. The molecule has 0 aliphatic heterocycles. The molecule has 0 aromatic rings. The highest BCUT2D eigenvalue weighted by atomic mass is 16.5. The van der Waals surface area contributed by atoms with E-state index in [1.807, 2.05) is 48.5 Å². The Kier molecular flexibility index (Phi) is 15.8. The lowest BCUT2D eigenvalue weighted by atomic mass is 10.2. The lowest BCUT2D eigenvalue weighted by Crippen LogP contribution is -2.24. The minimum Gasteiger partial charge on any atom is -0.466 e. The largest absolute Gasteiger partial charge is 0.466 e. The van der Waals surface area contributed by atoms with Gasteiger partial charge in [-0.15, -0.1) is 0 Å². The monoisotopic (exact) mass is 362 g/mol. The van der Waals surface area contributed by atoms with Crippen molar-refractivity contribution < 1.29 is 28.5 Å². The van der Waals surface area contributed by atoms with E-state index in [1.54, 1.807) is 13.8 Å². The Balaban J connectivity index is 0. The second-order valence-electron chi connectivity index (χ2n) is 6.80. The molecule has 0 aromatic carbocycles. The van der Waals surface area contributed by atoms with Gasteiger partial charge in [-0.3, -0.25) is 9.59 Å². The molecule has 25 heavy (non-hydrogen) atoms. The normalized spacial score (nSPS) is 13.3. The van der Waals surface area contributed by atoms with Crippen LogP contribution in [0.3, 0.4) is 0 Å². The summed E-state index contributed by atoms with van der Waals surface area (Å²) in [7, 11) is 0. The van der Waals surface area contributed by atoms with E-state index >= 15 is 0 Å². The molecule has 0 saturated heterocycles. The maximum Gasteiger partial charge on any atom is 0.311 e. The van der Waals surface area contributed by atoms with E-state index in [9.17, 15) is 9.59 Å². The lowest BCUT2D eigenvalue weighted by Gasteiger charge is -2.15. The number of hydrogen-bond donors (Lipinski definition) is 0. The molecule has 2 unspecified atom stereocenters. The van der Waals surface area contributed by atoms with E-state index < -0.39 is 0 Å². The molecule has 0 bridgehead atoms. The maximum absolute atomic E-state index is 11.3. The number of carbonyl (C=O) groups excluding carboxylic acids is 2. The van der Waals surface area contributed by atoms with Crippen LogP contribution in [-0.2, 0) is 28.5 Å². The van der Waals surface area contributed by atoms with Gasteiger partial charge in [0.05, 0.1) is 50.0 Å². The summed E-state index contributed by atoms with van der Waals surface area (Å²) in [6.45, 7) is 18.2. The molecule has 0 aliphatic carbocycles. The fourth-order valence-electron chi connectivity index (χ4n) is 1.44. The van der Waals surface area contributed by atoms with Crippen LogP contribution >= 0.6 is 0 Å². The van der Waals surface area contributed by atoms with Crippen molar-refractivity contribution in [3.8, 4) is 0 Å². The molecule has 0 aromatic heterocycles. The van der Waals surface area contributed by atoms with Gasteiger partial charge in [-0.1, -0.05) is 0 Å². The molecule has 0 heterocycles. The third kappa shape index (κ3) is 17.5. The molecule has 6 heteroatoms. The van der Waals surface area contributed by atoms with Crippen LogP contribution < -0.4 is 0 Å². The van der Waals surface area contributed by atoms with Crippen LogP contribution in [0.4, 0.5) is 0 Å². The summed E-state index contributed by atoms with van der Waals surface area (Å²) in [5.41, 5.74) is 0. The number of hydrogen-bond acceptors (Lipinski definition) is 6. The third-order valence-electron chi connectivity index (χ3n) is 2.80. The van der Waals surface area contributed by atoms with Gasteiger partial charge in [-0.25, -0.2) is 0 Å². The van der Waals surface area contributed by atoms with Crippen LogP contribution in [0.2, 0.25) is 0 Å². The van der Waals surface area contributed by atoms with E-state index in [0.717, 1.165) is 0 Å². The average Bonchev–Trinajstić information content (AvgIpc) is 2.50. The maximum atomic E-state index is 11.3. The van der Waals surface area contributed by atoms with Gasteiger partial charge < -0.3 is 18.9 Å². The number of carbonyl (C=O) groups is 2. The topological polar surface area (TPSA) is 71.1 Å². The van der Waals surface area contributed by atoms with Crippen LogP contribution in [-0.4, -0.2) is 50.1 Å². The second kappa shape index (κ2) is 15.1. The van der Waals surface area contributed by atoms with Crippen molar-refractivity contribution in [1.29, 1.82) is 0 Å². The number of ether oxygens (including phenoxy) is 4. The van der Waals surface area contributed by atoms with Crippen LogP contribution in [0.1, 0.15) is 62.3 Å². The molecular formula is C19H38O6. The summed E-state index contributed by atoms with van der Waals surface area (Å²) >= 11 is 0. The van der Waals surface area contributed by atoms with Crippen molar-refractivity contribution in [3.63, 3.8) is 0 Å². The SMILES string of the molecule is CC(C)OCC(C)C(=O)OC(C)C.CCOC(=O)C(C)COC(C)C. The van der Waals surface area contributed by atoms with E-state index in [2.05, 4.69) is 0 Å². The summed E-state index contributed by atoms with van der Waals surface area (Å²) in [6, 6.07) is 0. The summed E-state index contributed by atoms with van der Waals surface area (Å²) in [6.07, 6.45) is 0.283. The second-order valence-corrected chi connectivity index (χ2v) is 6.80. The Morgan fingerprint density at radius 2 is 1.08 bits per heavy atom. The number of rotatable bonds is 10. The van der Waals surface area contributed by atoms with Crippen molar-refractivity contribution in [3.05, 3.63) is 0 Å². The molecule has 0 spiro atoms. The smallest absolute Gasteiger partial charge is 0.311 e. The molecular weight excluding hydrogens is 324 g/mol. The lowest BCUT2D eigenvalue weighted by molar-refractivity contribution is -0.154. The Bertz CT molecular complexity index is 352. The van der Waals surface area contributed by atoms with Gasteiger partial charge in [0.1, 0.15) is 0 Å². The molecule has 0 radical (unpaired) electrons. The first-order valence-corrected chi connectivity index (χ1v) is 9.11. The molecule has 0 amide bonds. The zero-order chi connectivity index (χ0) is 20.0. The molecule has 6 nitrogen and oxygen atoms in total. The Hall–Kier alpha value is -1.14. The predicted octanol–water partition coefficient (Wildman–Crippen LogP) is 3.61. The Morgan fingerprint density at radius 3 is 1.40 bits per heavy atom. The summed E-state index contributed by atoms with van der Waals surface area (Å²) in [5, 5.41) is 0. The molecule has 0 saturated carbocycles. The van der Waals surface area contributed by atoms with Crippen LogP contribution in [0, 0.1) is 11.8 Å². The number of esters is 2. The standard InChI is InChI=1S/C10H20O3.C9H18O3/c1-7(2)12-6-9(5)10(11)13-8(3)4;1-5-11-9(10)8(4)6-12-7(2)3/h7-9H,6H2,1-5H3;7-8H,5-6H2,1-4H3. The van der Waals surface area contributed by atoms with Gasteiger partial charge in [0.25, 0.3) is 0 Å². The highest BCUT2D eigenvalue weighted by molar-refractivity contribution is 5.72. The average molecular weight is 363 g/mol. The zero-order valence-electron chi connectivity index (χ0n) is 17.5. The van der Waals surface area contributed by atoms with Crippen LogP contribution in [0.5, 0.6) is 0 Å². The molecule has 0 fully saturated rings. The highest BCUT2D eigenvalue weighted by Crippen LogP contribution is 2.04. The minimum absolute atomic E-state index is 0.0472. The molecule has 0 aliphatic rings. The van der Waals surface area contributed by atoms with Gasteiger partial charge in [0, 0.05) is 0 Å². The van der Waals surface area contributed by atoms with E-state index in [1.165, 1.54) is 0 Å². The van der Waals surface area contributed by atoms with Crippen molar-refractivity contribution in [2.45, 2.75) is 80.6 Å². The van der Waals surface area contributed by atoms with Crippen molar-refractivity contribution in [1.82, 2.24) is 0 Å². The Morgan fingerprint density at radius 1 is 0.680 bits per heavy atom. The fourth-order valence-corrected chi connectivity index (χ4v) is 1.44. The van der Waals surface area contributed by atoms with Crippen molar-refractivity contribution >= 4 is 11.9 Å². The zero-order valence-corrected chi connectivity index (χ0v) is 17.5. The summed E-state index contributed by atoms with van der Waals surface area (Å²) in [4.78, 5) is 22.3. The first-order valence-electron chi connectivity index (χ1n) is 9.11. The van der Waals surface area contributed by atoms with E-state index in [4.69, 9.17) is 18.9 Å². The van der Waals surface area contributed by atoms with E-state index in [0.29, 0.717) is 19.8 Å². The van der Waals surface area contributed by atoms with Gasteiger partial charge in [0.15, 0.2) is 0 Å². The van der Waals surface area contributed by atoms with Crippen molar-refractivity contribution in [2.24, 2.45) is 11.8 Å². The highest BCUT2D eigenvalue weighted by Gasteiger charge is 2.16. The van der Waals surface area contributed by atoms with Gasteiger partial charge in [-0.2, -0.15) is 0 Å². The quantitative estimate of drug-likeness (QED) is 0.553. The van der Waals surface area contributed by atoms with Gasteiger partial charge in [-0.05, 0) is 62.3 Å². The molecule has 2 atom stereocenters. The third-order valence-corrected chi connectivity index (χ3v) is 2.80. The minimum atomic E-state index is -0.185. The first-order chi connectivity index (χ1) is 11.5. The molecule has 0 rings (SSSR count). The summed E-state index contributed by atoms with van der Waals surface area (Å²) in [5.74, 6) is -0.703.